The van der Waals surface area contributed by atoms with Crippen molar-refractivity contribution in [3.8, 4) is 0 Å². The number of amides is 1. The number of anilines is 1. The zero-order valence-electron chi connectivity index (χ0n) is 10.7. The first kappa shape index (κ1) is 13.5. The lowest BCUT2D eigenvalue weighted by molar-refractivity contribution is -0.129. The molecule has 1 aromatic heterocycles. The number of carboxylic acids is 1. The fourth-order valence-corrected chi connectivity index (χ4v) is 2.15. The van der Waals surface area contributed by atoms with Crippen LogP contribution in [0.2, 0.25) is 0 Å². The number of nitrogens with one attached hydrogen (secondary N) is 1. The molecule has 1 aromatic rings. The van der Waals surface area contributed by atoms with Gasteiger partial charge in [0, 0.05) is 13.3 Å². The minimum absolute atomic E-state index is 0.0444. The zero-order valence-corrected chi connectivity index (χ0v) is 10.7. The number of carbonyl (C=O) groups excluding carboxylic acids is 1. The van der Waals surface area contributed by atoms with Crippen molar-refractivity contribution < 1.29 is 19.4 Å². The van der Waals surface area contributed by atoms with E-state index in [2.05, 4.69) is 10.3 Å². The van der Waals surface area contributed by atoms with Gasteiger partial charge in [-0.3, -0.25) is 9.78 Å². The number of methoxy groups -OCH3 is 1. The summed E-state index contributed by atoms with van der Waals surface area (Å²) in [4.78, 5) is 26.5. The number of pyridine rings is 1. The molecule has 0 radical (unpaired) electrons. The highest BCUT2D eigenvalue weighted by Crippen LogP contribution is 2.38. The van der Waals surface area contributed by atoms with E-state index >= 15 is 0 Å². The molecular weight excluding hydrogens is 248 g/mol. The molecule has 102 valence electrons. The van der Waals surface area contributed by atoms with Crippen molar-refractivity contribution in [2.45, 2.75) is 31.3 Å². The van der Waals surface area contributed by atoms with E-state index in [-0.39, 0.29) is 23.5 Å². The summed E-state index contributed by atoms with van der Waals surface area (Å²) in [6.07, 6.45) is 5.76. The van der Waals surface area contributed by atoms with Gasteiger partial charge in [0.25, 0.3) is 0 Å². The molecule has 1 fully saturated rings. The van der Waals surface area contributed by atoms with Crippen LogP contribution in [-0.4, -0.2) is 34.7 Å². The lowest BCUT2D eigenvalue weighted by atomic mass is 9.77. The summed E-state index contributed by atoms with van der Waals surface area (Å²) >= 11 is 0. The quantitative estimate of drug-likeness (QED) is 0.844. The Morgan fingerprint density at radius 1 is 1.47 bits per heavy atom. The van der Waals surface area contributed by atoms with Gasteiger partial charge >= 0.3 is 5.97 Å². The highest BCUT2D eigenvalue weighted by atomic mass is 16.5. The highest BCUT2D eigenvalue weighted by Gasteiger charge is 2.38. The summed E-state index contributed by atoms with van der Waals surface area (Å²) in [7, 11) is 1.61. The Morgan fingerprint density at radius 3 is 2.74 bits per heavy atom. The van der Waals surface area contributed by atoms with Crippen LogP contribution < -0.4 is 5.32 Å². The van der Waals surface area contributed by atoms with Crippen LogP contribution in [0.5, 0.6) is 0 Å². The predicted molar refractivity (Wildman–Crippen MR) is 68.0 cm³/mol. The fourth-order valence-electron chi connectivity index (χ4n) is 2.15. The van der Waals surface area contributed by atoms with Crippen LogP contribution in [0.1, 0.15) is 36.0 Å². The summed E-state index contributed by atoms with van der Waals surface area (Å²) in [5.74, 6) is -1.26. The third-order valence-corrected chi connectivity index (χ3v) is 3.45. The van der Waals surface area contributed by atoms with E-state index in [4.69, 9.17) is 9.84 Å². The van der Waals surface area contributed by atoms with Crippen LogP contribution in [0.4, 0.5) is 5.69 Å². The molecule has 6 heteroatoms. The van der Waals surface area contributed by atoms with Gasteiger partial charge in [0.1, 0.15) is 0 Å². The van der Waals surface area contributed by atoms with Gasteiger partial charge in [-0.15, -0.1) is 0 Å². The maximum Gasteiger partial charge on any atom is 0.337 e. The van der Waals surface area contributed by atoms with E-state index in [1.54, 1.807) is 7.11 Å². The standard InChI is InChI=1S/C13H16N2O4/c1-19-13(3-2-4-13)6-11(16)15-10-5-9(12(17)18)7-14-8-10/h5,7-8H,2-4,6H2,1H3,(H,15,16)(H,17,18). The molecule has 2 N–H and O–H groups in total. The van der Waals surface area contributed by atoms with Crippen molar-refractivity contribution in [1.29, 1.82) is 0 Å². The van der Waals surface area contributed by atoms with Crippen molar-refractivity contribution in [2.24, 2.45) is 0 Å². The average molecular weight is 264 g/mol. The van der Waals surface area contributed by atoms with Gasteiger partial charge in [-0.25, -0.2) is 4.79 Å². The van der Waals surface area contributed by atoms with Gasteiger partial charge in [0.05, 0.1) is 29.5 Å². The normalized spacial score (nSPS) is 16.5. The number of ether oxygens (including phenoxy) is 1. The van der Waals surface area contributed by atoms with Crippen LogP contribution >= 0.6 is 0 Å². The molecule has 0 aliphatic heterocycles. The van der Waals surface area contributed by atoms with Crippen molar-refractivity contribution in [1.82, 2.24) is 4.98 Å². The lowest BCUT2D eigenvalue weighted by Crippen LogP contribution is -2.42. The van der Waals surface area contributed by atoms with Gasteiger partial charge in [0.2, 0.25) is 5.91 Å². The first-order valence-electron chi connectivity index (χ1n) is 6.08. The number of aromatic carboxylic acids is 1. The molecule has 0 spiro atoms. The summed E-state index contributed by atoms with van der Waals surface area (Å²) in [5.41, 5.74) is 0.0837. The number of aromatic nitrogens is 1. The predicted octanol–water partition coefficient (Wildman–Crippen LogP) is 1.68. The number of carbonyl (C=O) groups is 2. The second-order valence-electron chi connectivity index (χ2n) is 4.73. The third kappa shape index (κ3) is 3.08. The Hall–Kier alpha value is -1.95. The topological polar surface area (TPSA) is 88.5 Å². The van der Waals surface area contributed by atoms with Gasteiger partial charge in [-0.2, -0.15) is 0 Å². The minimum atomic E-state index is -1.07. The number of hydrogen-bond acceptors (Lipinski definition) is 4. The molecule has 1 heterocycles. The Morgan fingerprint density at radius 2 is 2.21 bits per heavy atom. The first-order valence-corrected chi connectivity index (χ1v) is 6.08. The summed E-state index contributed by atoms with van der Waals surface area (Å²) in [6.45, 7) is 0. The number of nitrogens with zero attached hydrogens (tertiary/aromatic N) is 1. The maximum atomic E-state index is 11.9. The molecule has 0 aromatic carbocycles. The minimum Gasteiger partial charge on any atom is -0.478 e. The van der Waals surface area contributed by atoms with Crippen LogP contribution in [0.3, 0.4) is 0 Å². The van der Waals surface area contributed by atoms with Crippen molar-refractivity contribution in [2.75, 3.05) is 12.4 Å². The molecule has 19 heavy (non-hydrogen) atoms. The van der Waals surface area contributed by atoms with E-state index in [1.807, 2.05) is 0 Å². The molecule has 0 atom stereocenters. The van der Waals surface area contributed by atoms with Crippen LogP contribution in [0.15, 0.2) is 18.5 Å². The van der Waals surface area contributed by atoms with Crippen molar-refractivity contribution >= 4 is 17.6 Å². The van der Waals surface area contributed by atoms with E-state index in [0.717, 1.165) is 19.3 Å². The van der Waals surface area contributed by atoms with Crippen LogP contribution in [0.25, 0.3) is 0 Å². The molecule has 1 amide bonds. The lowest BCUT2D eigenvalue weighted by Gasteiger charge is -2.39. The van der Waals surface area contributed by atoms with Crippen molar-refractivity contribution in [3.05, 3.63) is 24.0 Å². The largest absolute Gasteiger partial charge is 0.478 e. The van der Waals surface area contributed by atoms with E-state index in [1.165, 1.54) is 18.5 Å². The van der Waals surface area contributed by atoms with E-state index in [9.17, 15) is 9.59 Å². The SMILES string of the molecule is COC1(CC(=O)Nc2cncc(C(=O)O)c2)CCC1. The zero-order chi connectivity index (χ0) is 13.9. The molecule has 6 nitrogen and oxygen atoms in total. The van der Waals surface area contributed by atoms with E-state index < -0.39 is 5.97 Å². The van der Waals surface area contributed by atoms with Gasteiger partial charge in [-0.1, -0.05) is 0 Å². The molecule has 0 bridgehead atoms. The summed E-state index contributed by atoms with van der Waals surface area (Å²) < 4.78 is 5.37. The molecule has 0 saturated heterocycles. The molecule has 1 saturated carbocycles. The van der Waals surface area contributed by atoms with Crippen LogP contribution in [-0.2, 0) is 9.53 Å². The Balaban J connectivity index is 1.99. The van der Waals surface area contributed by atoms with Gasteiger partial charge < -0.3 is 15.2 Å². The summed E-state index contributed by atoms with van der Waals surface area (Å²) in [6, 6.07) is 1.38. The monoisotopic (exact) mass is 264 g/mol. The Bertz CT molecular complexity index is 492. The maximum absolute atomic E-state index is 11.9. The van der Waals surface area contributed by atoms with Crippen LogP contribution in [0, 0.1) is 0 Å². The van der Waals surface area contributed by atoms with E-state index in [0.29, 0.717) is 5.69 Å². The molecule has 1 aliphatic carbocycles. The number of rotatable bonds is 5. The second-order valence-corrected chi connectivity index (χ2v) is 4.73. The molecule has 0 unspecified atom stereocenters. The molecule has 2 rings (SSSR count). The second kappa shape index (κ2) is 5.36. The number of hydrogen-bond donors (Lipinski definition) is 2. The van der Waals surface area contributed by atoms with Gasteiger partial charge in [-0.05, 0) is 25.3 Å². The average Bonchev–Trinajstić information content (AvgIpc) is 2.34. The fraction of sp³-hybridized carbons (Fsp3) is 0.462. The highest BCUT2D eigenvalue weighted by molar-refractivity contribution is 5.93. The Kier molecular flexibility index (Phi) is 3.80. The Labute approximate surface area is 110 Å². The summed E-state index contributed by atoms with van der Waals surface area (Å²) in [5, 5.41) is 11.5. The smallest absolute Gasteiger partial charge is 0.337 e. The first-order chi connectivity index (χ1) is 9.04. The molecular formula is C13H16N2O4. The van der Waals surface area contributed by atoms with Crippen molar-refractivity contribution in [3.63, 3.8) is 0 Å². The third-order valence-electron chi connectivity index (χ3n) is 3.45. The number of carboxylic acid groups (broad SMARTS) is 1. The van der Waals surface area contributed by atoms with Gasteiger partial charge in [0.15, 0.2) is 0 Å². The molecule has 1 aliphatic rings.